The number of hydrogen-bond donors (Lipinski definition) is 2. The molecule has 0 aromatic heterocycles. The first-order valence-corrected chi connectivity index (χ1v) is 41.0. The smallest absolute Gasteiger partial charge is 0.456 e. The van der Waals surface area contributed by atoms with E-state index in [2.05, 4.69) is 68.6 Å². The van der Waals surface area contributed by atoms with E-state index in [0.717, 1.165) is 70.6 Å². The number of esters is 1. The summed E-state index contributed by atoms with van der Waals surface area (Å²) < 4.78 is 30.9. The fraction of sp³-hybridized carbons (Fsp3) is 0.875. The summed E-state index contributed by atoms with van der Waals surface area (Å²) in [6.07, 6.45) is 90.0. The molecule has 530 valence electrons. The maximum atomic E-state index is 13.7. The molecule has 1 amide bonds. The first-order chi connectivity index (χ1) is 43.9. The molecule has 3 atom stereocenters. The molecule has 0 saturated heterocycles. The van der Waals surface area contributed by atoms with E-state index in [1.54, 1.807) is 0 Å². The third-order valence-corrected chi connectivity index (χ3v) is 19.0. The van der Waals surface area contributed by atoms with Gasteiger partial charge in [-0.05, 0) is 70.3 Å². The summed E-state index contributed by atoms with van der Waals surface area (Å²) in [5.41, 5.74) is 0. The largest absolute Gasteiger partial charge is 0.472 e. The van der Waals surface area contributed by atoms with Crippen molar-refractivity contribution in [1.82, 2.24) is 5.32 Å². The number of phosphoric ester groups is 1. The third-order valence-electron chi connectivity index (χ3n) is 18.0. The van der Waals surface area contributed by atoms with E-state index >= 15 is 0 Å². The van der Waals surface area contributed by atoms with Gasteiger partial charge in [-0.1, -0.05) is 365 Å². The van der Waals surface area contributed by atoms with Crippen LogP contribution < -0.4 is 5.32 Å². The number of ether oxygens (including phenoxy) is 1. The number of amides is 1. The van der Waals surface area contributed by atoms with Crippen LogP contribution >= 0.6 is 7.82 Å². The molecular weight excluding hydrogens is 1130 g/mol. The first-order valence-electron chi connectivity index (χ1n) is 39.5. The summed E-state index contributed by atoms with van der Waals surface area (Å²) in [6.45, 7) is 7.05. The number of likely N-dealkylation sites (N-methyl/N-ethyl adjacent to an activating group) is 1. The fourth-order valence-corrected chi connectivity index (χ4v) is 12.7. The van der Waals surface area contributed by atoms with Gasteiger partial charge in [-0.2, -0.15) is 0 Å². The Hall–Kier alpha value is -2.03. The zero-order valence-electron chi connectivity index (χ0n) is 60.9. The van der Waals surface area contributed by atoms with E-state index in [9.17, 15) is 19.0 Å². The molecule has 0 saturated carbocycles. The number of hydrogen-bond acceptors (Lipinski definition) is 6. The number of nitrogens with one attached hydrogen (secondary N) is 1. The number of unbranched alkanes of at least 4 members (excludes halogenated alkanes) is 51. The van der Waals surface area contributed by atoms with Crippen LogP contribution in [0, 0.1) is 0 Å². The minimum absolute atomic E-state index is 0.0420. The highest BCUT2D eigenvalue weighted by Gasteiger charge is 2.30. The standard InChI is InChI=1S/C80H153N2O7P/c1-7-10-13-16-19-22-25-28-30-32-34-36-38-40-41-43-45-47-49-51-53-55-58-61-64-67-70-73-80(84)89-78(71-68-65-62-59-56-27-24-21-18-15-12-9-3)77(76-88-90(85,86)87-75-74-82(4,5)6)81-79(83)72-69-66-63-60-57-54-52-50-48-46-44-42-39-37-35-33-31-29-26-23-20-17-14-11-8-2/h20,23,29,31,35,37,68,71,77-78H,7-19,21-22,24-28,30,32-34,36,38-67,69-70,72-76H2,1-6H3,(H-,81,83,85,86)/p+1/b23-20-,31-29-,37-35-,71-68+. The van der Waals surface area contributed by atoms with Gasteiger partial charge in [-0.3, -0.25) is 18.6 Å². The molecule has 0 heterocycles. The average molecular weight is 1290 g/mol. The quantitative estimate of drug-likeness (QED) is 0.0205. The number of phosphoric acid groups is 1. The van der Waals surface area contributed by atoms with E-state index in [4.69, 9.17) is 13.8 Å². The number of nitrogens with zero attached hydrogens (tertiary/aromatic N) is 1. The van der Waals surface area contributed by atoms with Gasteiger partial charge in [0.1, 0.15) is 19.3 Å². The second kappa shape index (κ2) is 69.8. The second-order valence-corrected chi connectivity index (χ2v) is 29.7. The van der Waals surface area contributed by atoms with Crippen molar-refractivity contribution < 1.29 is 37.3 Å². The number of rotatable bonds is 73. The van der Waals surface area contributed by atoms with Crippen LogP contribution in [0.3, 0.4) is 0 Å². The zero-order chi connectivity index (χ0) is 65.6. The van der Waals surface area contributed by atoms with Gasteiger partial charge in [-0.15, -0.1) is 0 Å². The minimum atomic E-state index is -4.46. The lowest BCUT2D eigenvalue weighted by molar-refractivity contribution is -0.870. The normalized spacial score (nSPS) is 13.6. The number of quaternary nitrogens is 1. The van der Waals surface area contributed by atoms with Crippen molar-refractivity contribution in [1.29, 1.82) is 0 Å². The molecule has 0 aromatic rings. The Labute approximate surface area is 560 Å². The van der Waals surface area contributed by atoms with Gasteiger partial charge >= 0.3 is 13.8 Å². The van der Waals surface area contributed by atoms with E-state index < -0.39 is 20.0 Å². The monoisotopic (exact) mass is 1290 g/mol. The SMILES string of the molecule is CCCCC/C=C\C/C=C\C/C=C\CCCCCCCCCCCCCCC(=O)NC(COP(=O)(O)OCC[N+](C)(C)C)C(/C=C/CCCCCCCCCCCC)OC(=O)CCCCCCCCCCCCCCCCCCCCCCCCCCCCC. The van der Waals surface area contributed by atoms with Gasteiger partial charge in [0, 0.05) is 12.8 Å². The van der Waals surface area contributed by atoms with Gasteiger partial charge in [0.15, 0.2) is 0 Å². The van der Waals surface area contributed by atoms with Crippen molar-refractivity contribution in [2.75, 3.05) is 40.9 Å². The molecule has 0 aliphatic heterocycles. The Morgan fingerprint density at radius 1 is 0.389 bits per heavy atom. The lowest BCUT2D eigenvalue weighted by Gasteiger charge is -2.27. The molecule has 0 aliphatic rings. The van der Waals surface area contributed by atoms with Gasteiger partial charge in [0.05, 0.1) is 33.8 Å². The lowest BCUT2D eigenvalue weighted by atomic mass is 10.0. The summed E-state index contributed by atoms with van der Waals surface area (Å²) in [6, 6.07) is -0.849. The van der Waals surface area contributed by atoms with Crippen molar-refractivity contribution >= 4 is 19.7 Å². The van der Waals surface area contributed by atoms with Crippen LogP contribution in [0.4, 0.5) is 0 Å². The van der Waals surface area contributed by atoms with Gasteiger partial charge in [0.2, 0.25) is 5.91 Å². The molecule has 0 aromatic carbocycles. The Morgan fingerprint density at radius 2 is 0.678 bits per heavy atom. The van der Waals surface area contributed by atoms with E-state index in [1.165, 1.54) is 295 Å². The van der Waals surface area contributed by atoms with E-state index in [1.807, 2.05) is 27.2 Å². The number of carbonyl (C=O) groups excluding carboxylic acids is 2. The Morgan fingerprint density at radius 3 is 1.03 bits per heavy atom. The van der Waals surface area contributed by atoms with Gasteiger partial charge in [0.25, 0.3) is 0 Å². The Kier molecular flexibility index (Phi) is 68.2. The Balaban J connectivity index is 4.91. The van der Waals surface area contributed by atoms with Gasteiger partial charge < -0.3 is 19.4 Å². The maximum Gasteiger partial charge on any atom is 0.472 e. The molecular formula is C80H154N2O7P+. The first kappa shape index (κ1) is 88.0. The second-order valence-electron chi connectivity index (χ2n) is 28.2. The molecule has 2 N–H and O–H groups in total. The van der Waals surface area contributed by atoms with Crippen LogP contribution in [0.5, 0.6) is 0 Å². The highest BCUT2D eigenvalue weighted by Crippen LogP contribution is 2.43. The van der Waals surface area contributed by atoms with Crippen LogP contribution in [-0.4, -0.2) is 74.3 Å². The molecule has 0 spiro atoms. The summed E-state index contributed by atoms with van der Waals surface area (Å²) in [5.74, 6) is -0.486. The molecule has 10 heteroatoms. The summed E-state index contributed by atoms with van der Waals surface area (Å²) in [5, 5.41) is 3.08. The molecule has 0 rings (SSSR count). The third kappa shape index (κ3) is 70.3. The number of allylic oxidation sites excluding steroid dienone is 7. The molecule has 0 bridgehead atoms. The van der Waals surface area contributed by atoms with Crippen LogP contribution in [0.1, 0.15) is 400 Å². The molecule has 90 heavy (non-hydrogen) atoms. The van der Waals surface area contributed by atoms with Crippen molar-refractivity contribution in [3.8, 4) is 0 Å². The van der Waals surface area contributed by atoms with Crippen LogP contribution in [0.25, 0.3) is 0 Å². The lowest BCUT2D eigenvalue weighted by Crippen LogP contribution is -2.47. The van der Waals surface area contributed by atoms with Crippen molar-refractivity contribution in [3.63, 3.8) is 0 Å². The summed E-state index contributed by atoms with van der Waals surface area (Å²) in [4.78, 5) is 38.0. The van der Waals surface area contributed by atoms with Crippen molar-refractivity contribution in [2.24, 2.45) is 0 Å². The summed E-state index contributed by atoms with van der Waals surface area (Å²) >= 11 is 0. The molecule has 0 fully saturated rings. The topological polar surface area (TPSA) is 111 Å². The molecule has 3 unspecified atom stereocenters. The van der Waals surface area contributed by atoms with Gasteiger partial charge in [-0.25, -0.2) is 4.57 Å². The van der Waals surface area contributed by atoms with E-state index in [0.29, 0.717) is 23.9 Å². The predicted molar refractivity (Wildman–Crippen MR) is 392 cm³/mol. The zero-order valence-corrected chi connectivity index (χ0v) is 61.8. The highest BCUT2D eigenvalue weighted by molar-refractivity contribution is 7.47. The summed E-state index contributed by atoms with van der Waals surface area (Å²) in [7, 11) is 1.51. The van der Waals surface area contributed by atoms with Crippen LogP contribution in [-0.2, 0) is 27.9 Å². The maximum absolute atomic E-state index is 13.7. The highest BCUT2D eigenvalue weighted by atomic mass is 31.2. The number of carbonyl (C=O) groups is 2. The Bertz CT molecular complexity index is 1680. The molecule has 9 nitrogen and oxygen atoms in total. The van der Waals surface area contributed by atoms with Crippen molar-refractivity contribution in [3.05, 3.63) is 48.6 Å². The average Bonchev–Trinajstić information content (AvgIpc) is 3.11. The van der Waals surface area contributed by atoms with Crippen molar-refractivity contribution in [2.45, 2.75) is 412 Å². The van der Waals surface area contributed by atoms with Crippen LogP contribution in [0.2, 0.25) is 0 Å². The predicted octanol–water partition coefficient (Wildman–Crippen LogP) is 25.5. The van der Waals surface area contributed by atoms with Crippen LogP contribution in [0.15, 0.2) is 48.6 Å². The molecule has 0 radical (unpaired) electrons. The van der Waals surface area contributed by atoms with E-state index in [-0.39, 0.29) is 25.1 Å². The fourth-order valence-electron chi connectivity index (χ4n) is 12.0. The minimum Gasteiger partial charge on any atom is -0.456 e. The molecule has 0 aliphatic carbocycles.